The predicted molar refractivity (Wildman–Crippen MR) is 75.7 cm³/mol. The zero-order chi connectivity index (χ0) is 13.0. The fourth-order valence-corrected chi connectivity index (χ4v) is 2.72. The first-order valence-electron chi connectivity index (χ1n) is 7.21. The SMILES string of the molecule is CCC1CCC(Oc2cccc([C@H](C)N)c2)CC1. The number of benzene rings is 1. The van der Waals surface area contributed by atoms with Crippen LogP contribution in [0.25, 0.3) is 0 Å². The first-order valence-corrected chi connectivity index (χ1v) is 7.21. The molecule has 0 bridgehead atoms. The van der Waals surface area contributed by atoms with Gasteiger partial charge in [0.15, 0.2) is 0 Å². The molecule has 2 N–H and O–H groups in total. The quantitative estimate of drug-likeness (QED) is 0.871. The van der Waals surface area contributed by atoms with Crippen LogP contribution in [0.2, 0.25) is 0 Å². The maximum absolute atomic E-state index is 6.08. The molecular formula is C16H25NO. The monoisotopic (exact) mass is 247 g/mol. The Morgan fingerprint density at radius 1 is 1.28 bits per heavy atom. The van der Waals surface area contributed by atoms with Gasteiger partial charge in [0, 0.05) is 6.04 Å². The van der Waals surface area contributed by atoms with E-state index in [1.165, 1.54) is 32.1 Å². The summed E-state index contributed by atoms with van der Waals surface area (Å²) in [6.45, 7) is 4.30. The second-order valence-electron chi connectivity index (χ2n) is 5.53. The first-order chi connectivity index (χ1) is 8.69. The van der Waals surface area contributed by atoms with Gasteiger partial charge < -0.3 is 10.5 Å². The van der Waals surface area contributed by atoms with Gasteiger partial charge in [-0.05, 0) is 56.2 Å². The molecule has 1 aliphatic carbocycles. The largest absolute Gasteiger partial charge is 0.490 e. The molecule has 0 heterocycles. The topological polar surface area (TPSA) is 35.2 Å². The minimum absolute atomic E-state index is 0.0735. The van der Waals surface area contributed by atoms with Gasteiger partial charge in [-0.25, -0.2) is 0 Å². The molecule has 0 aromatic heterocycles. The summed E-state index contributed by atoms with van der Waals surface area (Å²) >= 11 is 0. The highest BCUT2D eigenvalue weighted by molar-refractivity contribution is 5.30. The third-order valence-corrected chi connectivity index (χ3v) is 4.06. The van der Waals surface area contributed by atoms with Crippen molar-refractivity contribution in [1.82, 2.24) is 0 Å². The molecule has 1 fully saturated rings. The van der Waals surface area contributed by atoms with E-state index in [0.717, 1.165) is 17.2 Å². The Balaban J connectivity index is 1.92. The number of hydrogen-bond donors (Lipinski definition) is 1. The van der Waals surface area contributed by atoms with Crippen molar-refractivity contribution >= 4 is 0 Å². The molecule has 18 heavy (non-hydrogen) atoms. The smallest absolute Gasteiger partial charge is 0.120 e. The van der Waals surface area contributed by atoms with Crippen molar-refractivity contribution < 1.29 is 4.74 Å². The van der Waals surface area contributed by atoms with Gasteiger partial charge in [-0.3, -0.25) is 0 Å². The van der Waals surface area contributed by atoms with Crippen LogP contribution >= 0.6 is 0 Å². The van der Waals surface area contributed by atoms with Crippen molar-refractivity contribution in [2.75, 3.05) is 0 Å². The molecule has 2 nitrogen and oxygen atoms in total. The van der Waals surface area contributed by atoms with E-state index in [0.29, 0.717) is 6.10 Å². The van der Waals surface area contributed by atoms with Crippen LogP contribution < -0.4 is 10.5 Å². The minimum atomic E-state index is 0.0735. The van der Waals surface area contributed by atoms with Gasteiger partial charge in [-0.15, -0.1) is 0 Å². The summed E-state index contributed by atoms with van der Waals surface area (Å²) in [5.41, 5.74) is 7.04. The van der Waals surface area contributed by atoms with E-state index in [4.69, 9.17) is 10.5 Å². The van der Waals surface area contributed by atoms with Crippen molar-refractivity contribution in [2.24, 2.45) is 11.7 Å². The summed E-state index contributed by atoms with van der Waals surface area (Å²) in [5.74, 6) is 1.89. The summed E-state index contributed by atoms with van der Waals surface area (Å²) in [5, 5.41) is 0. The molecule has 1 aromatic carbocycles. The molecule has 0 aliphatic heterocycles. The second-order valence-corrected chi connectivity index (χ2v) is 5.53. The first kappa shape index (κ1) is 13.4. The number of hydrogen-bond acceptors (Lipinski definition) is 2. The van der Waals surface area contributed by atoms with Crippen molar-refractivity contribution in [2.45, 2.75) is 58.1 Å². The lowest BCUT2D eigenvalue weighted by atomic mass is 9.86. The third kappa shape index (κ3) is 3.49. The zero-order valence-corrected chi connectivity index (χ0v) is 11.6. The summed E-state index contributed by atoms with van der Waals surface area (Å²) < 4.78 is 6.08. The van der Waals surface area contributed by atoms with E-state index in [-0.39, 0.29) is 6.04 Å². The molecule has 100 valence electrons. The van der Waals surface area contributed by atoms with Crippen molar-refractivity contribution in [3.05, 3.63) is 29.8 Å². The normalized spacial score (nSPS) is 25.7. The lowest BCUT2D eigenvalue weighted by Gasteiger charge is -2.28. The minimum Gasteiger partial charge on any atom is -0.490 e. The molecule has 0 unspecified atom stereocenters. The van der Waals surface area contributed by atoms with Crippen LogP contribution in [0, 0.1) is 5.92 Å². The third-order valence-electron chi connectivity index (χ3n) is 4.06. The number of rotatable bonds is 4. The second kappa shape index (κ2) is 6.24. The van der Waals surface area contributed by atoms with E-state index in [9.17, 15) is 0 Å². The highest BCUT2D eigenvalue weighted by Gasteiger charge is 2.21. The number of nitrogens with two attached hydrogens (primary N) is 1. The molecule has 0 saturated heterocycles. The van der Waals surface area contributed by atoms with Crippen LogP contribution in [0.3, 0.4) is 0 Å². The van der Waals surface area contributed by atoms with E-state index < -0.39 is 0 Å². The van der Waals surface area contributed by atoms with Crippen molar-refractivity contribution in [3.63, 3.8) is 0 Å². The highest BCUT2D eigenvalue weighted by Crippen LogP contribution is 2.29. The van der Waals surface area contributed by atoms with E-state index >= 15 is 0 Å². The standard InChI is InChI=1S/C16H25NO/c1-3-13-7-9-15(10-8-13)18-16-6-4-5-14(11-16)12(2)17/h4-6,11-13,15H,3,7-10,17H2,1-2H3/t12-,13?,15?/m0/s1. The van der Waals surface area contributed by atoms with Gasteiger partial charge in [0.05, 0.1) is 6.10 Å². The van der Waals surface area contributed by atoms with E-state index in [1.807, 2.05) is 19.1 Å². The molecular weight excluding hydrogens is 222 g/mol. The maximum Gasteiger partial charge on any atom is 0.120 e. The van der Waals surface area contributed by atoms with Crippen molar-refractivity contribution in [3.8, 4) is 5.75 Å². The van der Waals surface area contributed by atoms with Gasteiger partial charge >= 0.3 is 0 Å². The van der Waals surface area contributed by atoms with Crippen LogP contribution in [0.5, 0.6) is 5.75 Å². The predicted octanol–water partition coefficient (Wildman–Crippen LogP) is 4.05. The summed E-state index contributed by atoms with van der Waals surface area (Å²) in [4.78, 5) is 0. The summed E-state index contributed by atoms with van der Waals surface area (Å²) in [7, 11) is 0. The molecule has 2 rings (SSSR count). The average Bonchev–Trinajstić information content (AvgIpc) is 2.40. The average molecular weight is 247 g/mol. The lowest BCUT2D eigenvalue weighted by molar-refractivity contribution is 0.130. The van der Waals surface area contributed by atoms with E-state index in [2.05, 4.69) is 19.1 Å². The van der Waals surface area contributed by atoms with Gasteiger partial charge in [0.2, 0.25) is 0 Å². The highest BCUT2D eigenvalue weighted by atomic mass is 16.5. The molecule has 0 radical (unpaired) electrons. The molecule has 1 saturated carbocycles. The van der Waals surface area contributed by atoms with Gasteiger partial charge in [0.25, 0.3) is 0 Å². The van der Waals surface area contributed by atoms with Crippen LogP contribution in [-0.4, -0.2) is 6.10 Å². The van der Waals surface area contributed by atoms with Crippen LogP contribution in [0.15, 0.2) is 24.3 Å². The van der Waals surface area contributed by atoms with Crippen LogP contribution in [0.1, 0.15) is 57.6 Å². The Bertz CT molecular complexity index is 367. The maximum atomic E-state index is 6.08. The fraction of sp³-hybridized carbons (Fsp3) is 0.625. The molecule has 0 amide bonds. The Morgan fingerprint density at radius 2 is 2.00 bits per heavy atom. The van der Waals surface area contributed by atoms with Crippen molar-refractivity contribution in [1.29, 1.82) is 0 Å². The van der Waals surface area contributed by atoms with Gasteiger partial charge in [-0.1, -0.05) is 25.5 Å². The molecule has 2 heteroatoms. The fourth-order valence-electron chi connectivity index (χ4n) is 2.72. The van der Waals surface area contributed by atoms with Crippen LogP contribution in [-0.2, 0) is 0 Å². The Hall–Kier alpha value is -1.02. The van der Waals surface area contributed by atoms with E-state index in [1.54, 1.807) is 0 Å². The molecule has 1 aliphatic rings. The lowest BCUT2D eigenvalue weighted by Crippen LogP contribution is -2.24. The summed E-state index contributed by atoms with van der Waals surface area (Å²) in [6.07, 6.45) is 6.73. The zero-order valence-electron chi connectivity index (χ0n) is 11.6. The molecule has 1 atom stereocenters. The summed E-state index contributed by atoms with van der Waals surface area (Å²) in [6, 6.07) is 8.29. The molecule has 0 spiro atoms. The Labute approximate surface area is 111 Å². The molecule has 1 aromatic rings. The van der Waals surface area contributed by atoms with Gasteiger partial charge in [0.1, 0.15) is 5.75 Å². The van der Waals surface area contributed by atoms with Gasteiger partial charge in [-0.2, -0.15) is 0 Å². The Morgan fingerprint density at radius 3 is 2.61 bits per heavy atom. The number of ether oxygens (including phenoxy) is 1. The Kier molecular flexibility index (Phi) is 4.65. The van der Waals surface area contributed by atoms with Crippen LogP contribution in [0.4, 0.5) is 0 Å².